The van der Waals surface area contributed by atoms with Gasteiger partial charge in [-0.15, -0.1) is 0 Å². The highest BCUT2D eigenvalue weighted by molar-refractivity contribution is 5.79. The molecular formula is C14H25NO3. The van der Waals surface area contributed by atoms with E-state index in [1.807, 2.05) is 7.05 Å². The Balaban J connectivity index is 2.39. The van der Waals surface area contributed by atoms with Gasteiger partial charge < -0.3 is 9.64 Å². The summed E-state index contributed by atoms with van der Waals surface area (Å²) >= 11 is 0. The zero-order chi connectivity index (χ0) is 13.8. The lowest BCUT2D eigenvalue weighted by molar-refractivity contribution is -0.142. The first-order valence-electron chi connectivity index (χ1n) is 6.70. The van der Waals surface area contributed by atoms with Crippen LogP contribution in [0.25, 0.3) is 0 Å². The van der Waals surface area contributed by atoms with E-state index in [1.165, 1.54) is 7.11 Å². The summed E-state index contributed by atoms with van der Waals surface area (Å²) in [4.78, 5) is 25.1. The number of amides is 1. The molecule has 0 aliphatic heterocycles. The molecule has 0 bridgehead atoms. The van der Waals surface area contributed by atoms with Crippen molar-refractivity contribution in [2.45, 2.75) is 46.0 Å². The highest BCUT2D eigenvalue weighted by Crippen LogP contribution is 2.43. The van der Waals surface area contributed by atoms with Crippen LogP contribution < -0.4 is 0 Å². The molecule has 0 saturated heterocycles. The number of carbonyl (C=O) groups excluding carboxylic acids is 2. The Hall–Kier alpha value is -1.06. The van der Waals surface area contributed by atoms with Crippen LogP contribution in [-0.4, -0.2) is 37.5 Å². The number of rotatable bonds is 5. The molecule has 18 heavy (non-hydrogen) atoms. The molecule has 0 aromatic rings. The van der Waals surface area contributed by atoms with Gasteiger partial charge in [0, 0.05) is 25.9 Å². The van der Waals surface area contributed by atoms with Gasteiger partial charge in [-0.1, -0.05) is 20.3 Å². The average molecular weight is 255 g/mol. The molecule has 1 aliphatic carbocycles. The SMILES string of the molecule is COC(=O)CCCN(C)C(=O)C1CCCC1(C)C. The Morgan fingerprint density at radius 3 is 2.56 bits per heavy atom. The van der Waals surface area contributed by atoms with Crippen LogP contribution >= 0.6 is 0 Å². The Bertz CT molecular complexity index is 312. The van der Waals surface area contributed by atoms with Crippen molar-refractivity contribution >= 4 is 11.9 Å². The van der Waals surface area contributed by atoms with E-state index in [9.17, 15) is 9.59 Å². The fourth-order valence-electron chi connectivity index (χ4n) is 2.72. The first-order chi connectivity index (χ1) is 8.38. The van der Waals surface area contributed by atoms with Gasteiger partial charge in [0.15, 0.2) is 0 Å². The Kier molecular flexibility index (Phi) is 5.17. The third-order valence-electron chi connectivity index (χ3n) is 4.03. The summed E-state index contributed by atoms with van der Waals surface area (Å²) in [5, 5.41) is 0. The molecule has 4 heteroatoms. The topological polar surface area (TPSA) is 46.6 Å². The molecule has 0 radical (unpaired) electrons. The molecule has 0 N–H and O–H groups in total. The molecule has 0 aromatic carbocycles. The van der Waals surface area contributed by atoms with Crippen molar-refractivity contribution < 1.29 is 14.3 Å². The minimum absolute atomic E-state index is 0.119. The first kappa shape index (κ1) is 15.0. The predicted octanol–water partition coefficient (Wildman–Crippen LogP) is 2.22. The Labute approximate surface area is 110 Å². The number of hydrogen-bond acceptors (Lipinski definition) is 3. The molecule has 0 heterocycles. The summed E-state index contributed by atoms with van der Waals surface area (Å²) in [5.41, 5.74) is 0.119. The maximum atomic E-state index is 12.3. The summed E-state index contributed by atoms with van der Waals surface area (Å²) < 4.78 is 4.58. The highest BCUT2D eigenvalue weighted by atomic mass is 16.5. The van der Waals surface area contributed by atoms with Crippen molar-refractivity contribution in [1.29, 1.82) is 0 Å². The Morgan fingerprint density at radius 2 is 2.06 bits per heavy atom. The number of carbonyl (C=O) groups is 2. The zero-order valence-corrected chi connectivity index (χ0v) is 12.0. The summed E-state index contributed by atoms with van der Waals surface area (Å²) in [6.07, 6.45) is 4.30. The van der Waals surface area contributed by atoms with E-state index in [2.05, 4.69) is 18.6 Å². The van der Waals surface area contributed by atoms with Gasteiger partial charge in [-0.25, -0.2) is 0 Å². The van der Waals surface area contributed by atoms with E-state index in [0.717, 1.165) is 19.3 Å². The second kappa shape index (κ2) is 6.21. The van der Waals surface area contributed by atoms with E-state index >= 15 is 0 Å². The van der Waals surface area contributed by atoms with Crippen molar-refractivity contribution in [3.63, 3.8) is 0 Å². The molecular weight excluding hydrogens is 230 g/mol. The quantitative estimate of drug-likeness (QED) is 0.708. The minimum atomic E-state index is -0.211. The van der Waals surface area contributed by atoms with Gasteiger partial charge in [-0.05, 0) is 24.7 Å². The molecule has 0 spiro atoms. The molecule has 1 unspecified atom stereocenters. The first-order valence-corrected chi connectivity index (χ1v) is 6.70. The fourth-order valence-corrected chi connectivity index (χ4v) is 2.72. The van der Waals surface area contributed by atoms with Crippen molar-refractivity contribution in [2.75, 3.05) is 20.7 Å². The van der Waals surface area contributed by atoms with Crippen LogP contribution in [0.2, 0.25) is 0 Å². The number of methoxy groups -OCH3 is 1. The van der Waals surface area contributed by atoms with Crippen LogP contribution in [0.4, 0.5) is 0 Å². The minimum Gasteiger partial charge on any atom is -0.469 e. The van der Waals surface area contributed by atoms with Gasteiger partial charge in [0.1, 0.15) is 0 Å². The van der Waals surface area contributed by atoms with Gasteiger partial charge >= 0.3 is 5.97 Å². The summed E-state index contributed by atoms with van der Waals surface area (Å²) in [7, 11) is 3.21. The lowest BCUT2D eigenvalue weighted by atomic mass is 9.81. The highest BCUT2D eigenvalue weighted by Gasteiger charge is 2.40. The molecule has 1 atom stereocenters. The van der Waals surface area contributed by atoms with E-state index in [1.54, 1.807) is 4.90 Å². The zero-order valence-electron chi connectivity index (χ0n) is 12.0. The van der Waals surface area contributed by atoms with Crippen LogP contribution in [-0.2, 0) is 14.3 Å². The molecule has 1 amide bonds. The lowest BCUT2D eigenvalue weighted by Crippen LogP contribution is -2.38. The number of ether oxygens (including phenoxy) is 1. The standard InChI is InChI=1S/C14H25NO3/c1-14(2)9-5-7-11(14)13(17)15(3)10-6-8-12(16)18-4/h11H,5-10H2,1-4H3. The third-order valence-corrected chi connectivity index (χ3v) is 4.03. The molecule has 1 rings (SSSR count). The van der Waals surface area contributed by atoms with Crippen LogP contribution in [0.1, 0.15) is 46.0 Å². The Morgan fingerprint density at radius 1 is 1.39 bits per heavy atom. The third kappa shape index (κ3) is 3.72. The van der Waals surface area contributed by atoms with Gasteiger partial charge in [-0.2, -0.15) is 0 Å². The van der Waals surface area contributed by atoms with E-state index < -0.39 is 0 Å². The van der Waals surface area contributed by atoms with E-state index in [0.29, 0.717) is 19.4 Å². The fraction of sp³-hybridized carbons (Fsp3) is 0.857. The largest absolute Gasteiger partial charge is 0.469 e. The predicted molar refractivity (Wildman–Crippen MR) is 70.0 cm³/mol. The van der Waals surface area contributed by atoms with Crippen LogP contribution in [0.5, 0.6) is 0 Å². The van der Waals surface area contributed by atoms with Crippen molar-refractivity contribution in [1.82, 2.24) is 4.90 Å². The van der Waals surface area contributed by atoms with Crippen molar-refractivity contribution in [3.8, 4) is 0 Å². The summed E-state index contributed by atoms with van der Waals surface area (Å²) in [6, 6.07) is 0. The molecule has 1 aliphatic rings. The number of nitrogens with zero attached hydrogens (tertiary/aromatic N) is 1. The second-order valence-electron chi connectivity index (χ2n) is 5.87. The molecule has 1 saturated carbocycles. The van der Waals surface area contributed by atoms with E-state index in [-0.39, 0.29) is 23.2 Å². The molecule has 4 nitrogen and oxygen atoms in total. The van der Waals surface area contributed by atoms with E-state index in [4.69, 9.17) is 0 Å². The second-order valence-corrected chi connectivity index (χ2v) is 5.87. The van der Waals surface area contributed by atoms with Crippen molar-refractivity contribution in [3.05, 3.63) is 0 Å². The van der Waals surface area contributed by atoms with Crippen molar-refractivity contribution in [2.24, 2.45) is 11.3 Å². The number of hydrogen-bond donors (Lipinski definition) is 0. The van der Waals surface area contributed by atoms with Gasteiger partial charge in [0.2, 0.25) is 5.91 Å². The van der Waals surface area contributed by atoms with Gasteiger partial charge in [0.05, 0.1) is 7.11 Å². The normalized spacial score (nSPS) is 21.7. The van der Waals surface area contributed by atoms with Crippen LogP contribution in [0.3, 0.4) is 0 Å². The molecule has 0 aromatic heterocycles. The average Bonchev–Trinajstić information content (AvgIpc) is 2.67. The molecule has 104 valence electrons. The molecule has 1 fully saturated rings. The van der Waals surface area contributed by atoms with Gasteiger partial charge in [0.25, 0.3) is 0 Å². The summed E-state index contributed by atoms with van der Waals surface area (Å²) in [6.45, 7) is 4.97. The lowest BCUT2D eigenvalue weighted by Gasteiger charge is -2.30. The summed E-state index contributed by atoms with van der Waals surface area (Å²) in [5.74, 6) is 0.153. The van der Waals surface area contributed by atoms with Gasteiger partial charge in [-0.3, -0.25) is 9.59 Å². The monoisotopic (exact) mass is 255 g/mol. The maximum absolute atomic E-state index is 12.3. The number of esters is 1. The maximum Gasteiger partial charge on any atom is 0.305 e. The smallest absolute Gasteiger partial charge is 0.305 e. The van der Waals surface area contributed by atoms with Crippen LogP contribution in [0, 0.1) is 11.3 Å². The van der Waals surface area contributed by atoms with Crippen LogP contribution in [0.15, 0.2) is 0 Å².